The summed E-state index contributed by atoms with van der Waals surface area (Å²) in [7, 11) is -4.05. The van der Waals surface area contributed by atoms with Gasteiger partial charge in [0.2, 0.25) is 15.9 Å². The van der Waals surface area contributed by atoms with E-state index in [1.165, 1.54) is 13.0 Å². The molecule has 0 spiro atoms. The third-order valence-electron chi connectivity index (χ3n) is 3.96. The maximum absolute atomic E-state index is 13.0. The van der Waals surface area contributed by atoms with Crippen LogP contribution in [-0.2, 0) is 21.0 Å². The Balaban J connectivity index is 2.39. The van der Waals surface area contributed by atoms with Crippen LogP contribution in [0.15, 0.2) is 42.5 Å². The van der Waals surface area contributed by atoms with E-state index in [1.807, 2.05) is 0 Å². The van der Waals surface area contributed by atoms with E-state index in [2.05, 4.69) is 5.32 Å². The van der Waals surface area contributed by atoms with Crippen molar-refractivity contribution in [3.8, 4) is 0 Å². The Morgan fingerprint density at radius 3 is 2.36 bits per heavy atom. The second-order valence-corrected chi connectivity index (χ2v) is 8.53. The first-order valence-electron chi connectivity index (χ1n) is 8.04. The monoisotopic (exact) mass is 434 g/mol. The lowest BCUT2D eigenvalue weighted by Crippen LogP contribution is -2.45. The third-order valence-corrected chi connectivity index (χ3v) is 5.44. The number of aryl methyl sites for hydroxylation is 1. The van der Waals surface area contributed by atoms with Gasteiger partial charge < -0.3 is 5.32 Å². The average molecular weight is 435 g/mol. The van der Waals surface area contributed by atoms with Gasteiger partial charge in [0.1, 0.15) is 6.04 Å². The first-order valence-corrected chi connectivity index (χ1v) is 10.3. The van der Waals surface area contributed by atoms with Crippen LogP contribution in [-0.4, -0.2) is 26.6 Å². The molecule has 152 valence electrons. The van der Waals surface area contributed by atoms with Gasteiger partial charge in [-0.05, 0) is 55.8 Å². The molecule has 2 aromatic rings. The number of sulfonamides is 1. The Kier molecular flexibility index (Phi) is 6.30. The summed E-state index contributed by atoms with van der Waals surface area (Å²) in [5.74, 6) is -0.701. The molecule has 0 heterocycles. The van der Waals surface area contributed by atoms with Crippen molar-refractivity contribution < 1.29 is 26.4 Å². The van der Waals surface area contributed by atoms with Crippen molar-refractivity contribution >= 4 is 38.9 Å². The van der Waals surface area contributed by atoms with Gasteiger partial charge in [-0.15, -0.1) is 0 Å². The minimum atomic E-state index is -4.65. The van der Waals surface area contributed by atoms with E-state index in [0.29, 0.717) is 26.6 Å². The lowest BCUT2D eigenvalue weighted by atomic mass is 10.1. The van der Waals surface area contributed by atoms with Gasteiger partial charge in [0, 0.05) is 10.7 Å². The smallest absolute Gasteiger partial charge is 0.324 e. The fourth-order valence-electron chi connectivity index (χ4n) is 2.63. The predicted molar refractivity (Wildman–Crippen MR) is 103 cm³/mol. The number of carbonyl (C=O) groups excluding carboxylic acids is 1. The molecule has 0 bridgehead atoms. The molecule has 0 fully saturated rings. The molecule has 1 N–H and O–H groups in total. The second kappa shape index (κ2) is 8.00. The highest BCUT2D eigenvalue weighted by Gasteiger charge is 2.34. The molecule has 0 aromatic heterocycles. The number of nitrogens with one attached hydrogen (secondary N) is 1. The first kappa shape index (κ1) is 22.0. The summed E-state index contributed by atoms with van der Waals surface area (Å²) in [6.07, 6.45) is -3.82. The maximum Gasteiger partial charge on any atom is 0.416 e. The van der Waals surface area contributed by atoms with Crippen molar-refractivity contribution in [3.05, 3.63) is 58.6 Å². The summed E-state index contributed by atoms with van der Waals surface area (Å²) >= 11 is 5.87. The predicted octanol–water partition coefficient (Wildman–Crippen LogP) is 4.46. The Hall–Kier alpha value is -2.26. The standard InChI is InChI=1S/C18H18ClF3N2O3S/c1-11-9-14(19)7-8-16(11)23-17(25)12(2)24(28(3,26)27)15-6-4-5-13(10-15)18(20,21)22/h4-10,12H,1-3H3,(H,23,25). The molecule has 28 heavy (non-hydrogen) atoms. The number of hydrogen-bond acceptors (Lipinski definition) is 3. The highest BCUT2D eigenvalue weighted by atomic mass is 35.5. The molecular formula is C18H18ClF3N2O3S. The van der Waals surface area contributed by atoms with Crippen LogP contribution in [0, 0.1) is 6.92 Å². The Bertz CT molecular complexity index is 994. The minimum Gasteiger partial charge on any atom is -0.324 e. The maximum atomic E-state index is 13.0. The Morgan fingerprint density at radius 1 is 1.18 bits per heavy atom. The third kappa shape index (κ3) is 5.17. The van der Waals surface area contributed by atoms with E-state index in [4.69, 9.17) is 11.6 Å². The zero-order valence-electron chi connectivity index (χ0n) is 15.2. The molecule has 0 aliphatic heterocycles. The lowest BCUT2D eigenvalue weighted by Gasteiger charge is -2.29. The fraction of sp³-hybridized carbons (Fsp3) is 0.278. The zero-order valence-corrected chi connectivity index (χ0v) is 16.8. The molecule has 0 aliphatic rings. The van der Waals surface area contributed by atoms with Crippen LogP contribution >= 0.6 is 11.6 Å². The highest BCUT2D eigenvalue weighted by Crippen LogP contribution is 2.33. The van der Waals surface area contributed by atoms with Gasteiger partial charge in [-0.25, -0.2) is 8.42 Å². The van der Waals surface area contributed by atoms with Gasteiger partial charge in [-0.3, -0.25) is 9.10 Å². The van der Waals surface area contributed by atoms with E-state index >= 15 is 0 Å². The molecule has 1 amide bonds. The van der Waals surface area contributed by atoms with Gasteiger partial charge in [0.15, 0.2) is 0 Å². The van der Waals surface area contributed by atoms with Crippen LogP contribution in [0.5, 0.6) is 0 Å². The molecule has 2 aromatic carbocycles. The van der Waals surface area contributed by atoms with E-state index in [9.17, 15) is 26.4 Å². The van der Waals surface area contributed by atoms with Gasteiger partial charge in [0.05, 0.1) is 17.5 Å². The van der Waals surface area contributed by atoms with Gasteiger partial charge >= 0.3 is 6.18 Å². The molecule has 1 atom stereocenters. The van der Waals surface area contributed by atoms with Crippen LogP contribution in [0.2, 0.25) is 5.02 Å². The van der Waals surface area contributed by atoms with E-state index in [1.54, 1.807) is 25.1 Å². The first-order chi connectivity index (χ1) is 12.8. The van der Waals surface area contributed by atoms with Crippen molar-refractivity contribution in [1.29, 1.82) is 0 Å². The summed E-state index contributed by atoms with van der Waals surface area (Å²) in [4.78, 5) is 12.6. The second-order valence-electron chi connectivity index (χ2n) is 6.23. The number of carbonyl (C=O) groups is 1. The summed E-state index contributed by atoms with van der Waals surface area (Å²) < 4.78 is 64.1. The van der Waals surface area contributed by atoms with Crippen LogP contribution in [0.25, 0.3) is 0 Å². The molecule has 1 unspecified atom stereocenters. The van der Waals surface area contributed by atoms with Gasteiger partial charge in [-0.1, -0.05) is 17.7 Å². The number of halogens is 4. The number of hydrogen-bond donors (Lipinski definition) is 1. The average Bonchev–Trinajstić information content (AvgIpc) is 2.55. The number of rotatable bonds is 5. The summed E-state index contributed by atoms with van der Waals surface area (Å²) in [5, 5.41) is 3.04. The van der Waals surface area contributed by atoms with Crippen molar-refractivity contribution in [2.24, 2.45) is 0 Å². The number of alkyl halides is 3. The van der Waals surface area contributed by atoms with Crippen molar-refractivity contribution in [2.45, 2.75) is 26.1 Å². The van der Waals surface area contributed by atoms with Crippen LogP contribution in [0.4, 0.5) is 24.5 Å². The van der Waals surface area contributed by atoms with Crippen LogP contribution < -0.4 is 9.62 Å². The Labute approximate surface area is 166 Å². The topological polar surface area (TPSA) is 66.5 Å². The van der Waals surface area contributed by atoms with Crippen LogP contribution in [0.3, 0.4) is 0 Å². The molecular weight excluding hydrogens is 417 g/mol. The summed E-state index contributed by atoms with van der Waals surface area (Å²) in [6, 6.07) is 7.23. The van der Waals surface area contributed by atoms with Crippen molar-refractivity contribution in [3.63, 3.8) is 0 Å². The molecule has 0 saturated heterocycles. The normalized spacial score (nSPS) is 13.1. The molecule has 2 rings (SSSR count). The summed E-state index contributed by atoms with van der Waals surface area (Å²) in [5.41, 5.74) is -0.204. The molecule has 0 radical (unpaired) electrons. The largest absolute Gasteiger partial charge is 0.416 e. The minimum absolute atomic E-state index is 0.257. The fourth-order valence-corrected chi connectivity index (χ4v) is 4.03. The summed E-state index contributed by atoms with van der Waals surface area (Å²) in [6.45, 7) is 3.00. The zero-order chi connectivity index (χ0) is 21.3. The van der Waals surface area contributed by atoms with Gasteiger partial charge in [0.25, 0.3) is 0 Å². The quantitative estimate of drug-likeness (QED) is 0.755. The molecule has 0 aliphatic carbocycles. The lowest BCUT2D eigenvalue weighted by molar-refractivity contribution is -0.137. The number of anilines is 2. The number of amides is 1. The molecule has 10 heteroatoms. The number of nitrogens with zero attached hydrogens (tertiary/aromatic N) is 1. The Morgan fingerprint density at radius 2 is 1.82 bits per heavy atom. The van der Waals surface area contributed by atoms with E-state index < -0.39 is 33.7 Å². The van der Waals surface area contributed by atoms with E-state index in [-0.39, 0.29) is 5.69 Å². The molecule has 5 nitrogen and oxygen atoms in total. The number of benzene rings is 2. The highest BCUT2D eigenvalue weighted by molar-refractivity contribution is 7.92. The molecule has 0 saturated carbocycles. The van der Waals surface area contributed by atoms with E-state index in [0.717, 1.165) is 18.4 Å². The van der Waals surface area contributed by atoms with Crippen LogP contribution in [0.1, 0.15) is 18.1 Å². The SMILES string of the molecule is Cc1cc(Cl)ccc1NC(=O)C(C)N(c1cccc(C(F)(F)F)c1)S(C)(=O)=O. The van der Waals surface area contributed by atoms with Crippen molar-refractivity contribution in [2.75, 3.05) is 15.9 Å². The van der Waals surface area contributed by atoms with Crippen molar-refractivity contribution in [1.82, 2.24) is 0 Å². The van der Waals surface area contributed by atoms with Gasteiger partial charge in [-0.2, -0.15) is 13.2 Å².